The number of nitrogen functional groups attached to an aromatic ring is 1. The summed E-state index contributed by atoms with van der Waals surface area (Å²) in [5.74, 6) is -0.918. The minimum atomic E-state index is -4.10. The van der Waals surface area contributed by atoms with E-state index in [4.69, 9.17) is 37.8 Å². The van der Waals surface area contributed by atoms with Gasteiger partial charge in [0.05, 0.1) is 34.6 Å². The van der Waals surface area contributed by atoms with Gasteiger partial charge in [0.2, 0.25) is 0 Å². The van der Waals surface area contributed by atoms with Gasteiger partial charge in [-0.2, -0.15) is 8.78 Å². The van der Waals surface area contributed by atoms with Crippen molar-refractivity contribution in [3.63, 3.8) is 0 Å². The molecule has 0 unspecified atom stereocenters. The van der Waals surface area contributed by atoms with Crippen LogP contribution in [-0.4, -0.2) is 38.5 Å². The Kier molecular flexibility index (Phi) is 5.17. The molecule has 0 spiro atoms. The number of benzene rings is 1. The maximum Gasteiger partial charge on any atom is 0.358 e. The molecule has 8 nitrogen and oxygen atoms in total. The Hall–Kier alpha value is -2.37. The molecule has 0 saturated carbocycles. The Morgan fingerprint density at radius 3 is 2.23 bits per heavy atom. The highest BCUT2D eigenvalue weighted by molar-refractivity contribution is 6.35. The number of anilines is 1. The molecule has 0 atom stereocenters. The SMILES string of the molecule is COC(=O)c1nc(-c2ccc(C(O)(O)F)c(C(O)(O)F)c2)cc(N)c1Cl. The van der Waals surface area contributed by atoms with E-state index in [2.05, 4.69) is 9.72 Å². The number of methoxy groups -OCH3 is 1. The number of halogens is 3. The van der Waals surface area contributed by atoms with Crippen molar-refractivity contribution in [2.45, 2.75) is 12.1 Å². The summed E-state index contributed by atoms with van der Waals surface area (Å²) in [5.41, 5.74) is 2.74. The Bertz CT molecular complexity index is 864. The molecular formula is C15H13ClF2N2O6. The largest absolute Gasteiger partial charge is 0.464 e. The van der Waals surface area contributed by atoms with Gasteiger partial charge in [-0.15, -0.1) is 0 Å². The fourth-order valence-corrected chi connectivity index (χ4v) is 2.35. The topological polar surface area (TPSA) is 146 Å². The smallest absolute Gasteiger partial charge is 0.358 e. The second-order valence-corrected chi connectivity index (χ2v) is 5.56. The van der Waals surface area contributed by atoms with Crippen LogP contribution in [0.5, 0.6) is 0 Å². The molecule has 1 aromatic heterocycles. The predicted octanol–water partition coefficient (Wildman–Crippen LogP) is 0.900. The van der Waals surface area contributed by atoms with Crippen molar-refractivity contribution in [3.8, 4) is 11.3 Å². The van der Waals surface area contributed by atoms with Crippen LogP contribution in [0.4, 0.5) is 14.5 Å². The number of carbonyl (C=O) groups is 1. The lowest BCUT2D eigenvalue weighted by molar-refractivity contribution is -0.290. The van der Waals surface area contributed by atoms with Gasteiger partial charge in [0.15, 0.2) is 5.69 Å². The molecule has 1 aromatic carbocycles. The van der Waals surface area contributed by atoms with Crippen molar-refractivity contribution >= 4 is 23.3 Å². The average molecular weight is 391 g/mol. The molecule has 2 rings (SSSR count). The van der Waals surface area contributed by atoms with Crippen molar-refractivity contribution < 1.29 is 38.7 Å². The van der Waals surface area contributed by atoms with E-state index in [0.717, 1.165) is 13.2 Å². The summed E-state index contributed by atoms with van der Waals surface area (Å²) in [7, 11) is 1.08. The van der Waals surface area contributed by atoms with E-state index in [9.17, 15) is 13.6 Å². The Morgan fingerprint density at radius 2 is 1.73 bits per heavy atom. The summed E-state index contributed by atoms with van der Waals surface area (Å²) in [6, 6.07) is -4.52. The number of hydrogen-bond donors (Lipinski definition) is 5. The molecule has 1 heterocycles. The quantitative estimate of drug-likeness (QED) is 0.382. The molecule has 0 aliphatic carbocycles. The van der Waals surface area contributed by atoms with Gasteiger partial charge in [-0.3, -0.25) is 0 Å². The van der Waals surface area contributed by atoms with E-state index in [-0.39, 0.29) is 27.7 Å². The Balaban J connectivity index is 2.71. The lowest BCUT2D eigenvalue weighted by atomic mass is 9.99. The number of pyridine rings is 1. The van der Waals surface area contributed by atoms with Gasteiger partial charge in [0.1, 0.15) is 0 Å². The summed E-state index contributed by atoms with van der Waals surface area (Å²) in [5, 5.41) is 36.1. The van der Waals surface area contributed by atoms with Gasteiger partial charge >= 0.3 is 18.1 Å². The molecule has 0 fully saturated rings. The Labute approximate surface area is 150 Å². The summed E-state index contributed by atoms with van der Waals surface area (Å²) < 4.78 is 31.5. The van der Waals surface area contributed by atoms with Crippen LogP contribution in [0.3, 0.4) is 0 Å². The summed E-state index contributed by atoms with van der Waals surface area (Å²) in [4.78, 5) is 15.6. The number of ether oxygens (including phenoxy) is 1. The van der Waals surface area contributed by atoms with Gasteiger partial charge in [-0.1, -0.05) is 17.7 Å². The number of rotatable bonds is 4. The summed E-state index contributed by atoms with van der Waals surface area (Å²) >= 11 is 5.87. The maximum atomic E-state index is 13.6. The third-order valence-corrected chi connectivity index (χ3v) is 3.76. The number of nitrogens with zero attached hydrogens (tertiary/aromatic N) is 1. The molecule has 0 aliphatic heterocycles. The van der Waals surface area contributed by atoms with Gasteiger partial charge < -0.3 is 30.9 Å². The Morgan fingerprint density at radius 1 is 1.15 bits per heavy atom. The number of esters is 1. The molecule has 26 heavy (non-hydrogen) atoms. The molecule has 0 radical (unpaired) electrons. The van der Waals surface area contributed by atoms with E-state index in [0.29, 0.717) is 12.1 Å². The summed E-state index contributed by atoms with van der Waals surface area (Å²) in [6.45, 7) is 0. The van der Waals surface area contributed by atoms with Crippen LogP contribution in [0.25, 0.3) is 11.3 Å². The van der Waals surface area contributed by atoms with E-state index >= 15 is 0 Å². The van der Waals surface area contributed by atoms with E-state index in [1.165, 1.54) is 6.07 Å². The van der Waals surface area contributed by atoms with Crippen LogP contribution >= 0.6 is 11.6 Å². The fraction of sp³-hybridized carbons (Fsp3) is 0.200. The van der Waals surface area contributed by atoms with Crippen LogP contribution in [0.15, 0.2) is 24.3 Å². The second-order valence-electron chi connectivity index (χ2n) is 5.19. The lowest BCUT2D eigenvalue weighted by Crippen LogP contribution is -2.27. The number of nitrogens with two attached hydrogens (primary N) is 1. The molecule has 2 aromatic rings. The maximum absolute atomic E-state index is 13.6. The van der Waals surface area contributed by atoms with Gasteiger partial charge in [0, 0.05) is 5.56 Å². The van der Waals surface area contributed by atoms with Crippen molar-refractivity contribution in [1.29, 1.82) is 0 Å². The monoisotopic (exact) mass is 390 g/mol. The van der Waals surface area contributed by atoms with Gasteiger partial charge in [0.25, 0.3) is 0 Å². The van der Waals surface area contributed by atoms with E-state index in [1.54, 1.807) is 0 Å². The molecule has 0 bridgehead atoms. The normalized spacial score (nSPS) is 12.2. The first-order valence-corrected chi connectivity index (χ1v) is 7.21. The van der Waals surface area contributed by atoms with Gasteiger partial charge in [-0.05, 0) is 18.2 Å². The zero-order valence-corrected chi connectivity index (χ0v) is 13.8. The van der Waals surface area contributed by atoms with Crippen molar-refractivity contribution in [2.75, 3.05) is 12.8 Å². The molecule has 140 valence electrons. The minimum absolute atomic E-state index is 0.0633. The third kappa shape index (κ3) is 3.89. The third-order valence-electron chi connectivity index (χ3n) is 3.37. The highest BCUT2D eigenvalue weighted by atomic mass is 35.5. The van der Waals surface area contributed by atoms with Crippen LogP contribution in [0.2, 0.25) is 5.02 Å². The standard InChI is InChI=1S/C15H13ClF2N2O6/c1-26-13(21)12-11(16)9(19)5-10(20-12)6-2-3-7(14(17,22)23)8(4-6)15(18,24)25/h2-5,22-25H,1H3,(H2,19,20). The zero-order valence-electron chi connectivity index (χ0n) is 13.1. The predicted molar refractivity (Wildman–Crippen MR) is 84.9 cm³/mol. The second kappa shape index (κ2) is 6.74. The number of aromatic nitrogens is 1. The molecule has 0 aliphatic rings. The fourth-order valence-electron chi connectivity index (χ4n) is 2.17. The zero-order chi connectivity index (χ0) is 19.9. The van der Waals surface area contributed by atoms with E-state index < -0.39 is 29.2 Å². The number of hydrogen-bond acceptors (Lipinski definition) is 8. The first kappa shape index (κ1) is 19.9. The first-order chi connectivity index (χ1) is 11.9. The van der Waals surface area contributed by atoms with Crippen molar-refractivity contribution in [2.24, 2.45) is 0 Å². The lowest BCUT2D eigenvalue weighted by Gasteiger charge is -2.21. The highest BCUT2D eigenvalue weighted by Gasteiger charge is 2.37. The van der Waals surface area contributed by atoms with Crippen molar-refractivity contribution in [3.05, 3.63) is 46.1 Å². The van der Waals surface area contributed by atoms with Crippen LogP contribution in [0, 0.1) is 0 Å². The number of aliphatic hydroxyl groups is 4. The molecule has 11 heteroatoms. The van der Waals surface area contributed by atoms with Crippen LogP contribution in [0.1, 0.15) is 21.6 Å². The summed E-state index contributed by atoms with van der Waals surface area (Å²) in [6.07, 6.45) is 0. The molecule has 6 N–H and O–H groups in total. The molecular weight excluding hydrogens is 378 g/mol. The molecule has 0 amide bonds. The molecule has 0 saturated heterocycles. The highest BCUT2D eigenvalue weighted by Crippen LogP contribution is 2.35. The van der Waals surface area contributed by atoms with Crippen LogP contribution in [-0.2, 0) is 16.8 Å². The average Bonchev–Trinajstić information content (AvgIpc) is 2.54. The van der Waals surface area contributed by atoms with Crippen LogP contribution < -0.4 is 5.73 Å². The first-order valence-electron chi connectivity index (χ1n) is 6.83. The van der Waals surface area contributed by atoms with Crippen molar-refractivity contribution in [1.82, 2.24) is 4.98 Å². The minimum Gasteiger partial charge on any atom is -0.464 e. The number of alkyl halides is 2. The number of carbonyl (C=O) groups excluding carboxylic acids is 1. The van der Waals surface area contributed by atoms with E-state index in [1.807, 2.05) is 0 Å². The van der Waals surface area contributed by atoms with Gasteiger partial charge in [-0.25, -0.2) is 9.78 Å².